The number of hydrogen-bond donors (Lipinski definition) is 0. The molecule has 0 spiro atoms. The second kappa shape index (κ2) is 3.99. The van der Waals surface area contributed by atoms with Crippen molar-refractivity contribution >= 4 is 5.97 Å². The van der Waals surface area contributed by atoms with Crippen LogP contribution in [0.25, 0.3) is 0 Å². The fourth-order valence-electron chi connectivity index (χ4n) is 2.21. The van der Waals surface area contributed by atoms with Gasteiger partial charge in [0.15, 0.2) is 0 Å². The molecule has 1 aliphatic rings. The predicted molar refractivity (Wildman–Crippen MR) is 62.7 cm³/mol. The molecule has 4 heteroatoms. The second-order valence-electron chi connectivity index (χ2n) is 4.15. The highest BCUT2D eigenvalue weighted by Crippen LogP contribution is 2.57. The van der Waals surface area contributed by atoms with Crippen molar-refractivity contribution in [2.24, 2.45) is 0 Å². The van der Waals surface area contributed by atoms with E-state index in [9.17, 15) is 4.79 Å². The van der Waals surface area contributed by atoms with Gasteiger partial charge in [0.2, 0.25) is 5.60 Å². The van der Waals surface area contributed by atoms with Gasteiger partial charge in [-0.3, -0.25) is 0 Å². The number of carbonyl (C=O) groups excluding carboxylic acids is 1. The first-order valence-corrected chi connectivity index (χ1v) is 5.63. The maximum Gasteiger partial charge on any atom is 0.346 e. The molecule has 0 unspecified atom stereocenters. The third kappa shape index (κ3) is 1.46. The highest BCUT2D eigenvalue weighted by molar-refractivity contribution is 5.85. The van der Waals surface area contributed by atoms with Crippen LogP contribution < -0.4 is 0 Å². The van der Waals surface area contributed by atoms with Gasteiger partial charge < -0.3 is 13.9 Å². The lowest BCUT2D eigenvalue weighted by atomic mass is 9.93. The predicted octanol–water partition coefficient (Wildman–Crippen LogP) is 2.42. The summed E-state index contributed by atoms with van der Waals surface area (Å²) in [5, 5.41) is 0. The molecule has 0 bridgehead atoms. The molecule has 1 saturated heterocycles. The zero-order valence-corrected chi connectivity index (χ0v) is 9.83. The molecule has 18 heavy (non-hydrogen) atoms. The molecule has 4 nitrogen and oxygen atoms in total. The van der Waals surface area contributed by atoms with Gasteiger partial charge in [0.05, 0.1) is 19.6 Å². The lowest BCUT2D eigenvalue weighted by Crippen LogP contribution is -2.24. The Bertz CT molecular complexity index is 546. The van der Waals surface area contributed by atoms with E-state index in [0.717, 1.165) is 11.1 Å². The Balaban J connectivity index is 2.01. The van der Waals surface area contributed by atoms with Gasteiger partial charge in [-0.1, -0.05) is 30.3 Å². The summed E-state index contributed by atoms with van der Waals surface area (Å²) in [6, 6.07) is 11.1. The smallest absolute Gasteiger partial charge is 0.346 e. The van der Waals surface area contributed by atoms with Crippen molar-refractivity contribution in [3.63, 3.8) is 0 Å². The molecule has 2 aromatic rings. The lowest BCUT2D eigenvalue weighted by Gasteiger charge is -2.10. The van der Waals surface area contributed by atoms with Crippen molar-refractivity contribution in [2.75, 3.05) is 7.11 Å². The zero-order valence-electron chi connectivity index (χ0n) is 9.83. The molecule has 0 N–H and O–H groups in total. The van der Waals surface area contributed by atoms with Gasteiger partial charge in [0, 0.05) is 5.56 Å². The summed E-state index contributed by atoms with van der Waals surface area (Å²) in [5.41, 5.74) is 0.604. The average Bonchev–Trinajstić information content (AvgIpc) is 2.96. The first-order valence-electron chi connectivity index (χ1n) is 5.63. The summed E-state index contributed by atoms with van der Waals surface area (Å²) in [5.74, 6) is -0.389. The van der Waals surface area contributed by atoms with Gasteiger partial charge in [0.25, 0.3) is 0 Å². The van der Waals surface area contributed by atoms with Crippen LogP contribution in [0.3, 0.4) is 0 Å². The van der Waals surface area contributed by atoms with Crippen LogP contribution in [0, 0.1) is 0 Å². The molecule has 1 aliphatic heterocycles. The van der Waals surface area contributed by atoms with Crippen LogP contribution in [0.1, 0.15) is 17.2 Å². The van der Waals surface area contributed by atoms with E-state index in [1.54, 1.807) is 18.6 Å². The van der Waals surface area contributed by atoms with E-state index in [0.29, 0.717) is 0 Å². The van der Waals surface area contributed by atoms with Gasteiger partial charge in [-0.15, -0.1) is 0 Å². The zero-order chi connectivity index (χ0) is 12.6. The van der Waals surface area contributed by atoms with E-state index in [2.05, 4.69) is 0 Å². The summed E-state index contributed by atoms with van der Waals surface area (Å²) < 4.78 is 15.5. The van der Waals surface area contributed by atoms with Crippen LogP contribution in [0.15, 0.2) is 53.3 Å². The van der Waals surface area contributed by atoms with E-state index in [4.69, 9.17) is 13.9 Å². The van der Waals surface area contributed by atoms with Gasteiger partial charge in [-0.2, -0.15) is 0 Å². The lowest BCUT2D eigenvalue weighted by molar-refractivity contribution is -0.147. The van der Waals surface area contributed by atoms with Crippen molar-refractivity contribution in [3.05, 3.63) is 60.1 Å². The van der Waals surface area contributed by atoms with Crippen molar-refractivity contribution < 1.29 is 18.7 Å². The minimum absolute atomic E-state index is 0.342. The Hall–Kier alpha value is -2.07. The monoisotopic (exact) mass is 244 g/mol. The number of rotatable bonds is 3. The number of epoxide rings is 1. The third-order valence-electron chi connectivity index (χ3n) is 3.15. The topological polar surface area (TPSA) is 52.0 Å². The molecular weight excluding hydrogens is 232 g/mol. The van der Waals surface area contributed by atoms with Crippen LogP contribution >= 0.6 is 0 Å². The Morgan fingerprint density at radius 1 is 1.28 bits per heavy atom. The number of carbonyl (C=O) groups is 1. The molecule has 2 heterocycles. The summed E-state index contributed by atoms with van der Waals surface area (Å²) >= 11 is 0. The van der Waals surface area contributed by atoms with Gasteiger partial charge >= 0.3 is 5.97 Å². The number of benzene rings is 1. The number of ether oxygens (including phenoxy) is 2. The summed E-state index contributed by atoms with van der Waals surface area (Å²) in [4.78, 5) is 12.0. The van der Waals surface area contributed by atoms with Crippen LogP contribution in [0.5, 0.6) is 0 Å². The minimum Gasteiger partial charge on any atom is -0.472 e. The van der Waals surface area contributed by atoms with Crippen LogP contribution in [-0.4, -0.2) is 13.1 Å². The van der Waals surface area contributed by atoms with E-state index >= 15 is 0 Å². The third-order valence-corrected chi connectivity index (χ3v) is 3.15. The molecule has 1 fully saturated rings. The molecule has 3 rings (SSSR count). The van der Waals surface area contributed by atoms with Crippen molar-refractivity contribution in [1.82, 2.24) is 0 Å². The van der Waals surface area contributed by atoms with Gasteiger partial charge in [-0.05, 0) is 11.6 Å². The largest absolute Gasteiger partial charge is 0.472 e. The molecule has 1 aromatic heterocycles. The maximum atomic E-state index is 12.0. The SMILES string of the molecule is COC(=O)[C@@]1(c2ccccc2)O[C@H]1c1ccoc1. The standard InChI is InChI=1S/C14H12O4/c1-16-13(15)14(11-5-3-2-4-6-11)12(18-14)10-7-8-17-9-10/h2-9,12H,1H3/t12-,14-/m0/s1. The van der Waals surface area contributed by atoms with Crippen LogP contribution in [0.2, 0.25) is 0 Å². The molecule has 1 aromatic carbocycles. The van der Waals surface area contributed by atoms with E-state index in [1.165, 1.54) is 7.11 Å². The average molecular weight is 244 g/mol. The fourth-order valence-corrected chi connectivity index (χ4v) is 2.21. The van der Waals surface area contributed by atoms with Gasteiger partial charge in [0.1, 0.15) is 6.10 Å². The van der Waals surface area contributed by atoms with Crippen molar-refractivity contribution in [2.45, 2.75) is 11.7 Å². The summed E-state index contributed by atoms with van der Waals surface area (Å²) in [6.07, 6.45) is 2.80. The number of methoxy groups -OCH3 is 1. The number of furan rings is 1. The molecule has 0 aliphatic carbocycles. The van der Waals surface area contributed by atoms with E-state index in [1.807, 2.05) is 30.3 Å². The molecule has 0 saturated carbocycles. The Kier molecular flexibility index (Phi) is 2.45. The number of esters is 1. The highest BCUT2D eigenvalue weighted by Gasteiger charge is 2.66. The summed E-state index contributed by atoms with van der Waals surface area (Å²) in [7, 11) is 1.36. The van der Waals surface area contributed by atoms with E-state index < -0.39 is 5.60 Å². The fraction of sp³-hybridized carbons (Fsp3) is 0.214. The molecule has 0 radical (unpaired) electrons. The molecule has 92 valence electrons. The van der Waals surface area contributed by atoms with Crippen molar-refractivity contribution in [3.8, 4) is 0 Å². The first-order chi connectivity index (χ1) is 8.79. The minimum atomic E-state index is -1.03. The Morgan fingerprint density at radius 2 is 2.06 bits per heavy atom. The normalized spacial score (nSPS) is 25.7. The first kappa shape index (κ1) is 11.0. The van der Waals surface area contributed by atoms with Crippen LogP contribution in [-0.2, 0) is 19.9 Å². The van der Waals surface area contributed by atoms with Crippen molar-refractivity contribution in [1.29, 1.82) is 0 Å². The van der Waals surface area contributed by atoms with Crippen LogP contribution in [0.4, 0.5) is 0 Å². The Labute approximate surface area is 104 Å². The number of hydrogen-bond acceptors (Lipinski definition) is 4. The maximum absolute atomic E-state index is 12.0. The summed E-state index contributed by atoms with van der Waals surface area (Å²) in [6.45, 7) is 0. The van der Waals surface area contributed by atoms with Gasteiger partial charge in [-0.25, -0.2) is 4.79 Å². The molecular formula is C14H12O4. The molecule has 0 amide bonds. The quantitative estimate of drug-likeness (QED) is 0.614. The molecule has 2 atom stereocenters. The van der Waals surface area contributed by atoms with E-state index in [-0.39, 0.29) is 12.1 Å². The highest BCUT2D eigenvalue weighted by atomic mass is 16.7. The second-order valence-corrected chi connectivity index (χ2v) is 4.15. The Morgan fingerprint density at radius 3 is 2.67 bits per heavy atom.